The molecule has 0 spiro atoms. The molecule has 0 heteroatoms. The van der Waals surface area contributed by atoms with E-state index in [2.05, 4.69) is 78.8 Å². The maximum Gasteiger partial charge on any atom is -0.00883 e. The Labute approximate surface area is 124 Å². The molecule has 0 N–H and O–H groups in total. The van der Waals surface area contributed by atoms with Crippen LogP contribution in [-0.2, 0) is 10.8 Å². The molecule has 1 aromatic rings. The Morgan fingerprint density at radius 2 is 1.55 bits per heavy atom. The molecule has 0 atom stereocenters. The van der Waals surface area contributed by atoms with E-state index in [1.54, 1.807) is 0 Å². The summed E-state index contributed by atoms with van der Waals surface area (Å²) in [5.41, 5.74) is 7.71. The molecule has 0 radical (unpaired) electrons. The first kappa shape index (κ1) is 15.1. The van der Waals surface area contributed by atoms with E-state index in [-0.39, 0.29) is 10.8 Å². The minimum Gasteiger partial charge on any atom is -0.0801 e. The van der Waals surface area contributed by atoms with Gasteiger partial charge in [0.1, 0.15) is 0 Å². The average Bonchev–Trinajstić information content (AvgIpc) is 2.78. The van der Waals surface area contributed by atoms with Crippen LogP contribution >= 0.6 is 0 Å². The second-order valence-corrected chi connectivity index (χ2v) is 7.98. The zero-order valence-electron chi connectivity index (χ0n) is 14.1. The number of allylic oxidation sites excluding steroid dienone is 4. The van der Waals surface area contributed by atoms with Crippen molar-refractivity contribution in [2.75, 3.05) is 0 Å². The van der Waals surface area contributed by atoms with Gasteiger partial charge < -0.3 is 0 Å². The molecule has 0 saturated heterocycles. The molecule has 0 unspecified atom stereocenters. The van der Waals surface area contributed by atoms with Gasteiger partial charge in [-0.25, -0.2) is 0 Å². The fraction of sp³-hybridized carbons (Fsp3) is 0.500. The van der Waals surface area contributed by atoms with Gasteiger partial charge >= 0.3 is 0 Å². The van der Waals surface area contributed by atoms with Gasteiger partial charge in [0, 0.05) is 0 Å². The van der Waals surface area contributed by atoms with E-state index in [0.717, 1.165) is 6.42 Å². The van der Waals surface area contributed by atoms with Crippen LogP contribution in [0.3, 0.4) is 0 Å². The lowest BCUT2D eigenvalue weighted by atomic mass is 9.72. The van der Waals surface area contributed by atoms with E-state index in [0.29, 0.717) is 0 Å². The van der Waals surface area contributed by atoms with Gasteiger partial charge in [0.05, 0.1) is 0 Å². The Balaban J connectivity index is 2.68. The third-order valence-corrected chi connectivity index (χ3v) is 4.14. The molecule has 1 aliphatic carbocycles. The Morgan fingerprint density at radius 1 is 0.900 bits per heavy atom. The minimum absolute atomic E-state index is 0.176. The van der Waals surface area contributed by atoms with E-state index in [4.69, 9.17) is 0 Å². The van der Waals surface area contributed by atoms with Crippen LogP contribution in [0.5, 0.6) is 0 Å². The van der Waals surface area contributed by atoms with Crippen LogP contribution in [0.1, 0.15) is 70.2 Å². The monoisotopic (exact) mass is 268 g/mol. The summed E-state index contributed by atoms with van der Waals surface area (Å²) < 4.78 is 0. The summed E-state index contributed by atoms with van der Waals surface area (Å²) in [4.78, 5) is 0. The van der Waals surface area contributed by atoms with Crippen molar-refractivity contribution in [2.24, 2.45) is 0 Å². The molecule has 20 heavy (non-hydrogen) atoms. The van der Waals surface area contributed by atoms with Crippen LogP contribution in [0.2, 0.25) is 0 Å². The summed E-state index contributed by atoms with van der Waals surface area (Å²) in [6.45, 7) is 16.2. The highest BCUT2D eigenvalue weighted by molar-refractivity contribution is 5.74. The fourth-order valence-electron chi connectivity index (χ4n) is 3.30. The van der Waals surface area contributed by atoms with E-state index < -0.39 is 0 Å². The van der Waals surface area contributed by atoms with Crippen LogP contribution in [0.4, 0.5) is 0 Å². The van der Waals surface area contributed by atoms with Crippen molar-refractivity contribution in [2.45, 2.75) is 65.7 Å². The first-order chi connectivity index (χ1) is 9.12. The standard InChI is InChI=1S/C20H28/c1-14-16(15-10-8-9-11-15)12-13-17(19(2,3)4)18(14)20(5,6)7/h8-10,12-13H,11H2,1-7H3. The van der Waals surface area contributed by atoms with Gasteiger partial charge in [-0.15, -0.1) is 0 Å². The summed E-state index contributed by atoms with van der Waals surface area (Å²) >= 11 is 0. The van der Waals surface area contributed by atoms with Crippen LogP contribution in [0.25, 0.3) is 5.57 Å². The highest BCUT2D eigenvalue weighted by atomic mass is 14.3. The fourth-order valence-corrected chi connectivity index (χ4v) is 3.30. The maximum atomic E-state index is 2.35. The number of hydrogen-bond acceptors (Lipinski definition) is 0. The van der Waals surface area contributed by atoms with Gasteiger partial charge in [-0.05, 0) is 52.0 Å². The molecule has 108 valence electrons. The normalized spacial score (nSPS) is 15.7. The molecule has 0 aliphatic heterocycles. The lowest BCUT2D eigenvalue weighted by Gasteiger charge is -2.33. The van der Waals surface area contributed by atoms with Crippen molar-refractivity contribution in [1.29, 1.82) is 0 Å². The molecular formula is C20H28. The molecule has 0 nitrogen and oxygen atoms in total. The predicted molar refractivity (Wildman–Crippen MR) is 90.3 cm³/mol. The van der Waals surface area contributed by atoms with Gasteiger partial charge in [-0.3, -0.25) is 0 Å². The molecule has 0 bridgehead atoms. The van der Waals surface area contributed by atoms with Gasteiger partial charge in [0.15, 0.2) is 0 Å². The molecule has 1 aliphatic rings. The Bertz CT molecular complexity index is 569. The van der Waals surface area contributed by atoms with Crippen LogP contribution < -0.4 is 0 Å². The quantitative estimate of drug-likeness (QED) is 0.592. The zero-order valence-corrected chi connectivity index (χ0v) is 14.1. The molecule has 0 heterocycles. The molecule has 1 aromatic carbocycles. The SMILES string of the molecule is Cc1c(C2=CC=CC2)ccc(C(C)(C)C)c1C(C)(C)C. The lowest BCUT2D eigenvalue weighted by Crippen LogP contribution is -2.24. The predicted octanol–water partition coefficient (Wildman–Crippen LogP) is 5.93. The van der Waals surface area contributed by atoms with E-state index in [1.165, 1.54) is 27.8 Å². The molecular weight excluding hydrogens is 240 g/mol. The average molecular weight is 268 g/mol. The number of hydrogen-bond donors (Lipinski definition) is 0. The third kappa shape index (κ3) is 2.75. The van der Waals surface area contributed by atoms with Crippen molar-refractivity contribution >= 4 is 5.57 Å². The topological polar surface area (TPSA) is 0 Å². The van der Waals surface area contributed by atoms with Gasteiger partial charge in [0.25, 0.3) is 0 Å². The van der Waals surface area contributed by atoms with Gasteiger partial charge in [-0.2, -0.15) is 0 Å². The molecule has 2 rings (SSSR count). The Hall–Kier alpha value is -1.30. The van der Waals surface area contributed by atoms with Crippen molar-refractivity contribution < 1.29 is 0 Å². The van der Waals surface area contributed by atoms with Crippen LogP contribution in [0.15, 0.2) is 30.4 Å². The van der Waals surface area contributed by atoms with Gasteiger partial charge in [-0.1, -0.05) is 71.9 Å². The smallest absolute Gasteiger partial charge is 0.00883 e. The van der Waals surface area contributed by atoms with Gasteiger partial charge in [0.2, 0.25) is 0 Å². The van der Waals surface area contributed by atoms with Crippen molar-refractivity contribution in [3.63, 3.8) is 0 Å². The molecule has 0 saturated carbocycles. The summed E-state index contributed by atoms with van der Waals surface area (Å²) in [6, 6.07) is 4.67. The molecule has 0 fully saturated rings. The maximum absolute atomic E-state index is 2.35. The highest BCUT2D eigenvalue weighted by Crippen LogP contribution is 2.39. The second-order valence-electron chi connectivity index (χ2n) is 7.98. The third-order valence-electron chi connectivity index (χ3n) is 4.14. The van der Waals surface area contributed by atoms with E-state index >= 15 is 0 Å². The highest BCUT2D eigenvalue weighted by Gasteiger charge is 2.28. The summed E-state index contributed by atoms with van der Waals surface area (Å²) in [6.07, 6.45) is 7.73. The Morgan fingerprint density at radius 3 is 2.00 bits per heavy atom. The van der Waals surface area contributed by atoms with Crippen molar-refractivity contribution in [1.82, 2.24) is 0 Å². The van der Waals surface area contributed by atoms with E-state index in [9.17, 15) is 0 Å². The second kappa shape index (κ2) is 4.91. The zero-order chi connectivity index (χ0) is 15.1. The molecule has 0 aromatic heterocycles. The minimum atomic E-state index is 0.176. The summed E-state index contributed by atoms with van der Waals surface area (Å²) in [5, 5.41) is 0. The van der Waals surface area contributed by atoms with Crippen molar-refractivity contribution in [3.8, 4) is 0 Å². The molecule has 0 amide bonds. The largest absolute Gasteiger partial charge is 0.0801 e. The van der Waals surface area contributed by atoms with Crippen LogP contribution in [0, 0.1) is 6.92 Å². The first-order valence-electron chi connectivity index (χ1n) is 7.63. The van der Waals surface area contributed by atoms with E-state index in [1.807, 2.05) is 0 Å². The van der Waals surface area contributed by atoms with Crippen LogP contribution in [-0.4, -0.2) is 0 Å². The first-order valence-corrected chi connectivity index (χ1v) is 7.63. The number of benzene rings is 1. The summed E-state index contributed by atoms with van der Waals surface area (Å²) in [5.74, 6) is 0. The summed E-state index contributed by atoms with van der Waals surface area (Å²) in [7, 11) is 0. The lowest BCUT2D eigenvalue weighted by molar-refractivity contribution is 0.527. The van der Waals surface area contributed by atoms with Crippen molar-refractivity contribution in [3.05, 3.63) is 52.6 Å². The Kier molecular flexibility index (Phi) is 3.71. The number of rotatable bonds is 1.